The van der Waals surface area contributed by atoms with Gasteiger partial charge in [-0.05, 0) is 34.1 Å². The summed E-state index contributed by atoms with van der Waals surface area (Å²) in [5.41, 5.74) is -0.630. The average molecular weight is 253 g/mol. The quantitative estimate of drug-likeness (QED) is 0.722. The Balaban J connectivity index is 2.80. The van der Waals surface area contributed by atoms with Gasteiger partial charge in [0, 0.05) is 12.5 Å². The van der Waals surface area contributed by atoms with Crippen molar-refractivity contribution >= 4 is 12.1 Å². The van der Waals surface area contributed by atoms with Crippen molar-refractivity contribution in [2.24, 2.45) is 5.92 Å². The van der Waals surface area contributed by atoms with Gasteiger partial charge in [0.15, 0.2) is 0 Å². The van der Waals surface area contributed by atoms with Crippen LogP contribution in [-0.2, 0) is 9.53 Å². The fraction of sp³-hybridized carbons (Fsp3) is 0.692. The summed E-state index contributed by atoms with van der Waals surface area (Å²) in [4.78, 5) is 24.3. The second-order valence-electron chi connectivity index (χ2n) is 5.31. The number of carbonyl (C=O) groups excluding carboxylic acids is 1. The number of aliphatic carboxylic acids is 1. The van der Waals surface area contributed by atoms with E-state index >= 15 is 0 Å². The van der Waals surface area contributed by atoms with Crippen molar-refractivity contribution in [3.63, 3.8) is 0 Å². The van der Waals surface area contributed by atoms with Gasteiger partial charge in [-0.25, -0.2) is 9.59 Å². The first-order chi connectivity index (χ1) is 8.24. The zero-order valence-corrected chi connectivity index (χ0v) is 11.2. The van der Waals surface area contributed by atoms with Crippen molar-refractivity contribution in [2.75, 3.05) is 6.54 Å². The lowest BCUT2D eigenvalue weighted by Crippen LogP contribution is -2.43. The summed E-state index contributed by atoms with van der Waals surface area (Å²) in [6, 6.07) is -0.842. The van der Waals surface area contributed by atoms with Crippen LogP contribution in [0.15, 0.2) is 0 Å². The Morgan fingerprint density at radius 3 is 2.44 bits per heavy atom. The van der Waals surface area contributed by atoms with Crippen LogP contribution < -0.4 is 0 Å². The highest BCUT2D eigenvalue weighted by atomic mass is 16.6. The van der Waals surface area contributed by atoms with Crippen molar-refractivity contribution in [3.8, 4) is 11.8 Å². The maximum atomic E-state index is 11.9. The number of nitrogens with zero attached hydrogens (tertiary/aromatic N) is 1. The summed E-state index contributed by atoms with van der Waals surface area (Å²) in [6.07, 6.45) is -0.231. The first-order valence-electron chi connectivity index (χ1n) is 5.89. The van der Waals surface area contributed by atoms with Gasteiger partial charge in [0.1, 0.15) is 11.6 Å². The number of carboxylic acid groups (broad SMARTS) is 1. The molecule has 1 N–H and O–H groups in total. The Morgan fingerprint density at radius 1 is 1.39 bits per heavy atom. The molecule has 1 saturated heterocycles. The Morgan fingerprint density at radius 2 is 2.00 bits per heavy atom. The molecule has 5 nitrogen and oxygen atoms in total. The minimum atomic E-state index is -1.01. The summed E-state index contributed by atoms with van der Waals surface area (Å²) < 4.78 is 5.20. The number of carboxylic acids is 1. The van der Waals surface area contributed by atoms with Gasteiger partial charge in [-0.1, -0.05) is 5.92 Å². The topological polar surface area (TPSA) is 66.8 Å². The maximum Gasteiger partial charge on any atom is 0.411 e. The molecule has 2 unspecified atom stereocenters. The third-order valence-corrected chi connectivity index (χ3v) is 2.56. The van der Waals surface area contributed by atoms with E-state index in [4.69, 9.17) is 9.84 Å². The van der Waals surface area contributed by atoms with E-state index in [1.165, 1.54) is 4.90 Å². The zero-order chi connectivity index (χ0) is 13.9. The van der Waals surface area contributed by atoms with Crippen molar-refractivity contribution in [2.45, 2.75) is 45.8 Å². The molecule has 0 aromatic rings. The second kappa shape index (κ2) is 5.30. The highest BCUT2D eigenvalue weighted by Crippen LogP contribution is 2.25. The van der Waals surface area contributed by atoms with Gasteiger partial charge >= 0.3 is 12.1 Å². The van der Waals surface area contributed by atoms with Crippen LogP contribution in [0.4, 0.5) is 4.79 Å². The molecule has 0 saturated carbocycles. The summed E-state index contributed by atoms with van der Waals surface area (Å²) in [7, 11) is 0. The number of hydrogen-bond acceptors (Lipinski definition) is 3. The molecule has 100 valence electrons. The normalized spacial score (nSPS) is 23.2. The summed E-state index contributed by atoms with van der Waals surface area (Å²) in [6.45, 7) is 7.26. The molecular weight excluding hydrogens is 234 g/mol. The van der Waals surface area contributed by atoms with Crippen molar-refractivity contribution < 1.29 is 19.4 Å². The first kappa shape index (κ1) is 14.4. The molecule has 0 aliphatic carbocycles. The SMILES string of the molecule is CC#CC1CC(C(=O)O)N(C(=O)OC(C)(C)C)C1. The molecule has 1 rings (SSSR count). The monoisotopic (exact) mass is 253 g/mol. The van der Waals surface area contributed by atoms with Crippen LogP contribution in [0.3, 0.4) is 0 Å². The van der Waals surface area contributed by atoms with Crippen LogP contribution in [0, 0.1) is 17.8 Å². The van der Waals surface area contributed by atoms with Crippen LogP contribution in [0.5, 0.6) is 0 Å². The molecule has 0 radical (unpaired) electrons. The minimum Gasteiger partial charge on any atom is -0.480 e. The molecular formula is C13H19NO4. The molecule has 1 fully saturated rings. The van der Waals surface area contributed by atoms with Crippen LogP contribution in [-0.4, -0.2) is 40.3 Å². The van der Waals surface area contributed by atoms with E-state index in [1.54, 1.807) is 27.7 Å². The van der Waals surface area contributed by atoms with Crippen molar-refractivity contribution in [3.05, 3.63) is 0 Å². The Kier molecular flexibility index (Phi) is 4.23. The molecule has 1 heterocycles. The van der Waals surface area contributed by atoms with Crippen LogP contribution >= 0.6 is 0 Å². The fourth-order valence-electron chi connectivity index (χ4n) is 1.90. The molecule has 1 aliphatic rings. The van der Waals surface area contributed by atoms with E-state index in [2.05, 4.69) is 11.8 Å². The van der Waals surface area contributed by atoms with Gasteiger partial charge < -0.3 is 9.84 Å². The Labute approximate surface area is 107 Å². The largest absolute Gasteiger partial charge is 0.480 e. The Bertz CT molecular complexity index is 399. The lowest BCUT2D eigenvalue weighted by atomic mass is 10.1. The molecule has 1 amide bonds. The lowest BCUT2D eigenvalue weighted by Gasteiger charge is -2.26. The third-order valence-electron chi connectivity index (χ3n) is 2.56. The standard InChI is InChI=1S/C13H19NO4/c1-5-6-9-7-10(11(15)16)14(8-9)12(17)18-13(2,3)4/h9-10H,7-8H2,1-4H3,(H,15,16). The van der Waals surface area contributed by atoms with Gasteiger partial charge in [-0.3, -0.25) is 4.90 Å². The van der Waals surface area contributed by atoms with Crippen molar-refractivity contribution in [1.82, 2.24) is 4.90 Å². The van der Waals surface area contributed by atoms with E-state index < -0.39 is 23.7 Å². The Hall–Kier alpha value is -1.70. The van der Waals surface area contributed by atoms with Gasteiger partial charge in [0.25, 0.3) is 0 Å². The zero-order valence-electron chi connectivity index (χ0n) is 11.2. The number of hydrogen-bond donors (Lipinski definition) is 1. The maximum absolute atomic E-state index is 11.9. The minimum absolute atomic E-state index is 0.0939. The van der Waals surface area contributed by atoms with E-state index in [0.29, 0.717) is 13.0 Å². The number of ether oxygens (including phenoxy) is 1. The molecule has 2 atom stereocenters. The first-order valence-corrected chi connectivity index (χ1v) is 5.89. The number of carbonyl (C=O) groups is 2. The highest BCUT2D eigenvalue weighted by Gasteiger charge is 2.40. The predicted molar refractivity (Wildman–Crippen MR) is 65.9 cm³/mol. The molecule has 0 aromatic carbocycles. The van der Waals surface area contributed by atoms with Gasteiger partial charge in [0.05, 0.1) is 0 Å². The molecule has 0 aromatic heterocycles. The van der Waals surface area contributed by atoms with E-state index in [0.717, 1.165) is 0 Å². The van der Waals surface area contributed by atoms with Crippen LogP contribution in [0.2, 0.25) is 0 Å². The van der Waals surface area contributed by atoms with Gasteiger partial charge in [-0.15, -0.1) is 5.92 Å². The molecule has 5 heteroatoms. The molecule has 18 heavy (non-hydrogen) atoms. The van der Waals surface area contributed by atoms with E-state index in [9.17, 15) is 9.59 Å². The number of rotatable bonds is 1. The predicted octanol–water partition coefficient (Wildman–Crippen LogP) is 1.72. The molecule has 1 aliphatic heterocycles. The number of likely N-dealkylation sites (tertiary alicyclic amines) is 1. The molecule has 0 bridgehead atoms. The number of amides is 1. The molecule has 0 spiro atoms. The average Bonchev–Trinajstić information content (AvgIpc) is 2.59. The summed E-state index contributed by atoms with van der Waals surface area (Å²) in [5, 5.41) is 9.12. The van der Waals surface area contributed by atoms with E-state index in [1.807, 2.05) is 0 Å². The highest BCUT2D eigenvalue weighted by molar-refractivity contribution is 5.81. The fourth-order valence-corrected chi connectivity index (χ4v) is 1.90. The van der Waals surface area contributed by atoms with Crippen LogP contribution in [0.1, 0.15) is 34.1 Å². The second-order valence-corrected chi connectivity index (χ2v) is 5.31. The van der Waals surface area contributed by atoms with Gasteiger partial charge in [0.2, 0.25) is 0 Å². The van der Waals surface area contributed by atoms with Crippen molar-refractivity contribution in [1.29, 1.82) is 0 Å². The van der Waals surface area contributed by atoms with Gasteiger partial charge in [-0.2, -0.15) is 0 Å². The lowest BCUT2D eigenvalue weighted by molar-refractivity contribution is -0.142. The van der Waals surface area contributed by atoms with E-state index in [-0.39, 0.29) is 5.92 Å². The summed E-state index contributed by atoms with van der Waals surface area (Å²) in [5.74, 6) is 4.56. The summed E-state index contributed by atoms with van der Waals surface area (Å²) >= 11 is 0. The van der Waals surface area contributed by atoms with Crippen LogP contribution in [0.25, 0.3) is 0 Å². The third kappa shape index (κ3) is 3.66. The smallest absolute Gasteiger partial charge is 0.411 e.